The van der Waals surface area contributed by atoms with E-state index in [1.54, 1.807) is 34.6 Å². The number of hydrogen-bond donors (Lipinski definition) is 2. The van der Waals surface area contributed by atoms with Crippen LogP contribution in [0.25, 0.3) is 0 Å². The van der Waals surface area contributed by atoms with Crippen LogP contribution in [0, 0.1) is 17.0 Å². The smallest absolute Gasteiger partial charge is 0.272 e. The molecule has 0 saturated carbocycles. The maximum atomic E-state index is 13.0. The molecule has 2 rings (SSSR count). The lowest BCUT2D eigenvalue weighted by Crippen LogP contribution is -2.40. The SMILES string of the molecule is CCCNC(=O)c1nn(CC)c(Oc2ccc([N+](=O)[O-])cc2S(=O)(=O)NC(C)(C)C)c1C. The topological polar surface area (TPSA) is 145 Å². The van der Waals surface area contributed by atoms with Crippen molar-refractivity contribution in [3.05, 3.63) is 39.6 Å². The van der Waals surface area contributed by atoms with E-state index < -0.39 is 26.2 Å². The number of benzene rings is 1. The Morgan fingerprint density at radius 2 is 1.94 bits per heavy atom. The molecule has 1 heterocycles. The molecular weight excluding hydrogens is 438 g/mol. The third kappa shape index (κ3) is 5.82. The molecule has 0 aliphatic heterocycles. The summed E-state index contributed by atoms with van der Waals surface area (Å²) in [6.07, 6.45) is 0.757. The first kappa shape index (κ1) is 25.3. The van der Waals surface area contributed by atoms with Gasteiger partial charge in [-0.2, -0.15) is 5.10 Å². The minimum Gasteiger partial charge on any atom is -0.438 e. The number of nitrogens with one attached hydrogen (secondary N) is 2. The van der Waals surface area contributed by atoms with Crippen molar-refractivity contribution in [1.29, 1.82) is 0 Å². The van der Waals surface area contributed by atoms with Gasteiger partial charge in [0.2, 0.25) is 15.9 Å². The highest BCUT2D eigenvalue weighted by atomic mass is 32.2. The van der Waals surface area contributed by atoms with Gasteiger partial charge in [-0.05, 0) is 47.1 Å². The fraction of sp³-hybridized carbons (Fsp3) is 0.500. The number of nitrogens with zero attached hydrogens (tertiary/aromatic N) is 3. The van der Waals surface area contributed by atoms with Gasteiger partial charge in [-0.25, -0.2) is 17.8 Å². The van der Waals surface area contributed by atoms with Gasteiger partial charge in [0.05, 0.1) is 4.92 Å². The number of rotatable bonds is 9. The van der Waals surface area contributed by atoms with Crippen molar-refractivity contribution in [3.63, 3.8) is 0 Å². The number of nitro groups is 1. The molecule has 2 N–H and O–H groups in total. The molecule has 0 spiro atoms. The number of amides is 1. The van der Waals surface area contributed by atoms with Gasteiger partial charge in [0.1, 0.15) is 10.6 Å². The summed E-state index contributed by atoms with van der Waals surface area (Å²) in [5.41, 5.74) is -0.640. The van der Waals surface area contributed by atoms with Gasteiger partial charge in [-0.1, -0.05) is 6.92 Å². The molecule has 1 amide bonds. The Morgan fingerprint density at radius 1 is 1.28 bits per heavy atom. The normalized spacial score (nSPS) is 11.9. The van der Waals surface area contributed by atoms with Crippen molar-refractivity contribution < 1.29 is 22.9 Å². The van der Waals surface area contributed by atoms with E-state index in [4.69, 9.17) is 4.74 Å². The summed E-state index contributed by atoms with van der Waals surface area (Å²) in [6, 6.07) is 3.32. The maximum absolute atomic E-state index is 13.0. The summed E-state index contributed by atoms with van der Waals surface area (Å²) in [5.74, 6) is -0.312. The summed E-state index contributed by atoms with van der Waals surface area (Å²) in [4.78, 5) is 22.6. The van der Waals surface area contributed by atoms with Crippen molar-refractivity contribution in [2.24, 2.45) is 0 Å². The monoisotopic (exact) mass is 467 g/mol. The second-order valence-corrected chi connectivity index (χ2v) is 9.85. The van der Waals surface area contributed by atoms with Crippen LogP contribution >= 0.6 is 0 Å². The average molecular weight is 468 g/mol. The predicted octanol–water partition coefficient (Wildman–Crippen LogP) is 3.13. The summed E-state index contributed by atoms with van der Waals surface area (Å²) in [7, 11) is -4.17. The number of aryl methyl sites for hydroxylation is 1. The van der Waals surface area contributed by atoms with Crippen LogP contribution in [0.4, 0.5) is 5.69 Å². The highest BCUT2D eigenvalue weighted by Crippen LogP contribution is 2.34. The largest absolute Gasteiger partial charge is 0.438 e. The molecule has 0 aliphatic carbocycles. The Bertz CT molecular complexity index is 1120. The van der Waals surface area contributed by atoms with Crippen LogP contribution in [0.2, 0.25) is 0 Å². The number of sulfonamides is 1. The van der Waals surface area contributed by atoms with E-state index in [0.29, 0.717) is 18.7 Å². The molecular formula is C20H29N5O6S. The minimum atomic E-state index is -4.17. The number of aromatic nitrogens is 2. The first-order valence-corrected chi connectivity index (χ1v) is 11.6. The lowest BCUT2D eigenvalue weighted by atomic mass is 10.1. The zero-order valence-electron chi connectivity index (χ0n) is 19.1. The highest BCUT2D eigenvalue weighted by Gasteiger charge is 2.29. The van der Waals surface area contributed by atoms with Crippen LogP contribution in [-0.4, -0.2) is 41.1 Å². The summed E-state index contributed by atoms with van der Waals surface area (Å²) in [5, 5.41) is 18.3. The highest BCUT2D eigenvalue weighted by molar-refractivity contribution is 7.89. The molecule has 0 saturated heterocycles. The molecule has 12 heteroatoms. The third-order valence-corrected chi connectivity index (χ3v) is 6.04. The molecule has 0 atom stereocenters. The van der Waals surface area contributed by atoms with Gasteiger partial charge in [0, 0.05) is 36.3 Å². The molecule has 0 bridgehead atoms. The first-order chi connectivity index (χ1) is 14.8. The number of carbonyl (C=O) groups excluding carboxylic acids is 1. The van der Waals surface area contributed by atoms with Crippen molar-refractivity contribution in [2.45, 2.75) is 64.9 Å². The van der Waals surface area contributed by atoms with Gasteiger partial charge in [0.25, 0.3) is 11.6 Å². The second kappa shape index (κ2) is 9.65. The Labute approximate surface area is 187 Å². The van der Waals surface area contributed by atoms with Gasteiger partial charge < -0.3 is 10.1 Å². The molecule has 0 unspecified atom stereocenters. The fourth-order valence-corrected chi connectivity index (χ4v) is 4.45. The van der Waals surface area contributed by atoms with E-state index >= 15 is 0 Å². The predicted molar refractivity (Wildman–Crippen MR) is 119 cm³/mol. The van der Waals surface area contributed by atoms with E-state index in [1.807, 2.05) is 6.92 Å². The zero-order chi connectivity index (χ0) is 24.3. The van der Waals surface area contributed by atoms with Crippen LogP contribution < -0.4 is 14.8 Å². The van der Waals surface area contributed by atoms with Gasteiger partial charge >= 0.3 is 0 Å². The van der Waals surface area contributed by atoms with Crippen molar-refractivity contribution in [2.75, 3.05) is 6.54 Å². The Balaban J connectivity index is 2.59. The molecule has 1 aromatic carbocycles. The van der Waals surface area contributed by atoms with Gasteiger partial charge in [0.15, 0.2) is 5.69 Å². The third-order valence-electron chi connectivity index (χ3n) is 4.26. The Kier molecular flexibility index (Phi) is 7.62. The zero-order valence-corrected chi connectivity index (χ0v) is 19.9. The molecule has 0 radical (unpaired) electrons. The maximum Gasteiger partial charge on any atom is 0.272 e. The molecule has 2 aromatic rings. The van der Waals surface area contributed by atoms with Crippen molar-refractivity contribution in [1.82, 2.24) is 19.8 Å². The number of carbonyl (C=O) groups is 1. The van der Waals surface area contributed by atoms with Gasteiger partial charge in [-0.3, -0.25) is 14.9 Å². The average Bonchev–Trinajstić information content (AvgIpc) is 3.00. The molecule has 11 nitrogen and oxygen atoms in total. The quantitative estimate of drug-likeness (QED) is 0.425. The van der Waals surface area contributed by atoms with Crippen LogP contribution in [0.1, 0.15) is 57.1 Å². The fourth-order valence-electron chi connectivity index (χ4n) is 2.88. The number of hydrogen-bond acceptors (Lipinski definition) is 7. The number of nitro benzene ring substituents is 1. The van der Waals surface area contributed by atoms with Gasteiger partial charge in [-0.15, -0.1) is 0 Å². The van der Waals surface area contributed by atoms with Crippen molar-refractivity contribution in [3.8, 4) is 11.6 Å². The minimum absolute atomic E-state index is 0.120. The lowest BCUT2D eigenvalue weighted by Gasteiger charge is -2.21. The Morgan fingerprint density at radius 3 is 2.47 bits per heavy atom. The standard InChI is InChI=1S/C20H29N5O6S/c1-7-11-21-18(26)17-13(3)19(24(8-2)22-17)31-15-10-9-14(25(27)28)12-16(15)32(29,30)23-20(4,5)6/h9-10,12,23H,7-8,11H2,1-6H3,(H,21,26). The van der Waals surface area contributed by atoms with E-state index in [2.05, 4.69) is 15.1 Å². The first-order valence-electron chi connectivity index (χ1n) is 10.2. The number of ether oxygens (including phenoxy) is 1. The molecule has 176 valence electrons. The van der Waals surface area contributed by atoms with Crippen molar-refractivity contribution >= 4 is 21.6 Å². The van der Waals surface area contributed by atoms with Crippen LogP contribution in [0.15, 0.2) is 23.1 Å². The molecule has 32 heavy (non-hydrogen) atoms. The van der Waals surface area contributed by atoms with E-state index in [-0.39, 0.29) is 28.1 Å². The van der Waals surface area contributed by atoms with E-state index in [0.717, 1.165) is 18.6 Å². The summed E-state index contributed by atoms with van der Waals surface area (Å²) < 4.78 is 35.8. The molecule has 0 fully saturated rings. The molecule has 0 aliphatic rings. The van der Waals surface area contributed by atoms with Crippen LogP contribution in [0.3, 0.4) is 0 Å². The summed E-state index contributed by atoms with van der Waals surface area (Å²) >= 11 is 0. The van der Waals surface area contributed by atoms with Crippen LogP contribution in [-0.2, 0) is 16.6 Å². The Hall–Kier alpha value is -2.99. The number of non-ortho nitro benzene ring substituents is 1. The van der Waals surface area contributed by atoms with E-state index in [1.165, 1.54) is 10.7 Å². The van der Waals surface area contributed by atoms with Crippen LogP contribution in [0.5, 0.6) is 11.6 Å². The summed E-state index contributed by atoms with van der Waals surface area (Å²) in [6.45, 7) is 11.2. The second-order valence-electron chi connectivity index (χ2n) is 8.20. The molecule has 1 aromatic heterocycles. The lowest BCUT2D eigenvalue weighted by molar-refractivity contribution is -0.385. The van der Waals surface area contributed by atoms with E-state index in [9.17, 15) is 23.3 Å².